The van der Waals surface area contributed by atoms with Crippen LogP contribution in [0.3, 0.4) is 0 Å². The first-order valence-electron chi connectivity index (χ1n) is 11.1. The maximum absolute atomic E-state index is 5.58. The van der Waals surface area contributed by atoms with Crippen molar-refractivity contribution in [3.8, 4) is 5.75 Å². The molecule has 0 fully saturated rings. The summed E-state index contributed by atoms with van der Waals surface area (Å²) >= 11 is 0. The summed E-state index contributed by atoms with van der Waals surface area (Å²) in [6, 6.07) is 13.6. The number of fused-ring (bicyclic) bond motifs is 2. The molecule has 2 nitrogen and oxygen atoms in total. The zero-order valence-electron chi connectivity index (χ0n) is 19.2. The number of benzene rings is 2. The van der Waals surface area contributed by atoms with E-state index in [1.807, 2.05) is 0 Å². The van der Waals surface area contributed by atoms with Gasteiger partial charge in [0.15, 0.2) is 11.8 Å². The number of nitrogens with zero attached hydrogens (tertiary/aromatic N) is 1. The summed E-state index contributed by atoms with van der Waals surface area (Å²) < 4.78 is 8.21. The van der Waals surface area contributed by atoms with Gasteiger partial charge in [-0.25, -0.2) is 0 Å². The highest BCUT2D eigenvalue weighted by molar-refractivity contribution is 5.77. The van der Waals surface area contributed by atoms with Gasteiger partial charge in [-0.15, -0.1) is 0 Å². The first-order valence-corrected chi connectivity index (χ1v) is 11.1. The van der Waals surface area contributed by atoms with Crippen LogP contribution in [-0.4, -0.2) is 23.4 Å². The second-order valence-electron chi connectivity index (χ2n) is 10.3. The first kappa shape index (κ1) is 20.2. The molecule has 0 unspecified atom stereocenters. The Bertz CT molecular complexity index is 940. The number of rotatable bonds is 4. The van der Waals surface area contributed by atoms with E-state index >= 15 is 0 Å². The van der Waals surface area contributed by atoms with Gasteiger partial charge in [-0.3, -0.25) is 0 Å². The molecular weight excluding hydrogens is 354 g/mol. The Morgan fingerprint density at radius 1 is 0.966 bits per heavy atom. The van der Waals surface area contributed by atoms with E-state index in [0.717, 1.165) is 18.6 Å². The maximum atomic E-state index is 5.58. The highest BCUT2D eigenvalue weighted by atomic mass is 16.5. The summed E-state index contributed by atoms with van der Waals surface area (Å²) in [5, 5.41) is 0. The molecule has 2 aliphatic rings. The maximum Gasteiger partial charge on any atom is 0.212 e. The minimum Gasteiger partial charge on any atom is -0.497 e. The van der Waals surface area contributed by atoms with Gasteiger partial charge in [-0.05, 0) is 47.9 Å². The van der Waals surface area contributed by atoms with Crippen molar-refractivity contribution in [1.29, 1.82) is 0 Å². The fourth-order valence-corrected chi connectivity index (χ4v) is 5.66. The Labute approximate surface area is 176 Å². The van der Waals surface area contributed by atoms with Crippen molar-refractivity contribution in [2.45, 2.75) is 83.6 Å². The lowest BCUT2D eigenvalue weighted by atomic mass is 9.77. The summed E-state index contributed by atoms with van der Waals surface area (Å²) in [4.78, 5) is 0. The Hall–Kier alpha value is -2.09. The van der Waals surface area contributed by atoms with Crippen molar-refractivity contribution in [3.05, 3.63) is 58.7 Å². The van der Waals surface area contributed by atoms with Gasteiger partial charge < -0.3 is 4.74 Å². The molecule has 0 amide bonds. The van der Waals surface area contributed by atoms with Crippen LogP contribution in [0.4, 0.5) is 5.69 Å². The monoisotopic (exact) mass is 390 g/mol. The second kappa shape index (κ2) is 7.00. The standard InChI is InChI=1S/C27H36NO/c1-18(2)22-9-8-10-23(19(3)4)25(22)28-17-27(16-26(28,5)6)14-13-20-11-12-21(29-7)15-24(20)27/h8-12,15,17-19H,13-14,16H2,1-7H3/q+1/t27-/m0/s1. The second-order valence-corrected chi connectivity index (χ2v) is 10.3. The molecule has 2 heteroatoms. The zero-order chi connectivity index (χ0) is 21.0. The number of hydrogen-bond acceptors (Lipinski definition) is 1. The van der Waals surface area contributed by atoms with Crippen LogP contribution >= 0.6 is 0 Å². The largest absolute Gasteiger partial charge is 0.497 e. The van der Waals surface area contributed by atoms with E-state index in [9.17, 15) is 0 Å². The van der Waals surface area contributed by atoms with Crippen LogP contribution < -0.4 is 4.74 Å². The van der Waals surface area contributed by atoms with Crippen LogP contribution in [0.15, 0.2) is 36.4 Å². The SMILES string of the molecule is COc1ccc2c(c1)[C@@]1(C=[N+](c3c(C(C)C)cccc3C(C)C)C(C)(C)C1)CC2. The van der Waals surface area contributed by atoms with Crippen molar-refractivity contribution in [2.75, 3.05) is 7.11 Å². The van der Waals surface area contributed by atoms with Crippen LogP contribution in [0, 0.1) is 0 Å². The van der Waals surface area contributed by atoms with Gasteiger partial charge >= 0.3 is 0 Å². The lowest BCUT2D eigenvalue weighted by Crippen LogP contribution is -2.31. The fourth-order valence-electron chi connectivity index (χ4n) is 5.66. The first-order chi connectivity index (χ1) is 13.7. The number of hydrogen-bond donors (Lipinski definition) is 0. The lowest BCUT2D eigenvalue weighted by molar-refractivity contribution is -0.513. The van der Waals surface area contributed by atoms with Gasteiger partial charge in [-0.1, -0.05) is 52.0 Å². The third-order valence-corrected chi connectivity index (χ3v) is 7.05. The molecule has 2 aromatic rings. The zero-order valence-corrected chi connectivity index (χ0v) is 19.2. The fraction of sp³-hybridized carbons (Fsp3) is 0.519. The average molecular weight is 391 g/mol. The van der Waals surface area contributed by atoms with E-state index in [1.165, 1.54) is 34.4 Å². The summed E-state index contributed by atoms with van der Waals surface area (Å²) in [6.45, 7) is 14.1. The molecule has 0 saturated heterocycles. The van der Waals surface area contributed by atoms with Crippen LogP contribution in [0.2, 0.25) is 0 Å². The molecule has 0 saturated carbocycles. The van der Waals surface area contributed by atoms with E-state index in [2.05, 4.69) is 88.7 Å². The minimum atomic E-state index is 0.0688. The molecular formula is C27H36NO+. The quantitative estimate of drug-likeness (QED) is 0.528. The summed E-state index contributed by atoms with van der Waals surface area (Å²) in [6.07, 6.45) is 6.06. The van der Waals surface area contributed by atoms with Gasteiger partial charge in [0.1, 0.15) is 5.75 Å². The van der Waals surface area contributed by atoms with Gasteiger partial charge in [0.05, 0.1) is 12.5 Å². The topological polar surface area (TPSA) is 12.2 Å². The number of aryl methyl sites for hydroxylation is 1. The molecule has 4 rings (SSSR count). The average Bonchev–Trinajstić information content (AvgIpc) is 3.16. The van der Waals surface area contributed by atoms with Gasteiger partial charge in [0, 0.05) is 31.4 Å². The third-order valence-electron chi connectivity index (χ3n) is 7.05. The summed E-state index contributed by atoms with van der Waals surface area (Å²) in [5.74, 6) is 1.97. The van der Waals surface area contributed by atoms with Crippen molar-refractivity contribution in [1.82, 2.24) is 0 Å². The molecule has 1 spiro atoms. The smallest absolute Gasteiger partial charge is 0.212 e. The van der Waals surface area contributed by atoms with Gasteiger partial charge in [-0.2, -0.15) is 4.58 Å². The number of ether oxygens (including phenoxy) is 1. The van der Waals surface area contributed by atoms with Gasteiger partial charge in [0.25, 0.3) is 0 Å². The highest BCUT2D eigenvalue weighted by Crippen LogP contribution is 2.51. The van der Waals surface area contributed by atoms with Crippen LogP contribution in [0.5, 0.6) is 5.75 Å². The van der Waals surface area contributed by atoms with Crippen LogP contribution in [-0.2, 0) is 11.8 Å². The van der Waals surface area contributed by atoms with E-state index in [0.29, 0.717) is 11.8 Å². The summed E-state index contributed by atoms with van der Waals surface area (Å²) in [7, 11) is 1.77. The molecule has 0 aromatic heterocycles. The molecule has 154 valence electrons. The molecule has 2 aromatic carbocycles. The van der Waals surface area contributed by atoms with Crippen molar-refractivity contribution >= 4 is 11.9 Å². The van der Waals surface area contributed by atoms with Crippen LogP contribution in [0.25, 0.3) is 0 Å². The lowest BCUT2D eigenvalue weighted by Gasteiger charge is -2.24. The molecule has 1 heterocycles. The Morgan fingerprint density at radius 3 is 2.21 bits per heavy atom. The van der Waals surface area contributed by atoms with Crippen molar-refractivity contribution < 1.29 is 9.31 Å². The Balaban J connectivity index is 1.94. The molecule has 1 atom stereocenters. The molecule has 1 aliphatic heterocycles. The van der Waals surface area contributed by atoms with E-state index in [4.69, 9.17) is 4.74 Å². The Morgan fingerprint density at radius 2 is 1.62 bits per heavy atom. The van der Waals surface area contributed by atoms with Gasteiger partial charge in [0.2, 0.25) is 5.69 Å². The van der Waals surface area contributed by atoms with E-state index in [1.54, 1.807) is 7.11 Å². The van der Waals surface area contributed by atoms with E-state index < -0.39 is 0 Å². The predicted octanol–water partition coefficient (Wildman–Crippen LogP) is 6.72. The van der Waals surface area contributed by atoms with Crippen molar-refractivity contribution in [2.24, 2.45) is 0 Å². The van der Waals surface area contributed by atoms with Crippen LogP contribution in [0.1, 0.15) is 88.5 Å². The molecule has 0 bridgehead atoms. The molecule has 0 radical (unpaired) electrons. The third kappa shape index (κ3) is 3.21. The normalized spacial score (nSPS) is 22.4. The molecule has 29 heavy (non-hydrogen) atoms. The van der Waals surface area contributed by atoms with E-state index in [-0.39, 0.29) is 11.0 Å². The Kier molecular flexibility index (Phi) is 4.88. The summed E-state index contributed by atoms with van der Waals surface area (Å²) in [5.41, 5.74) is 7.49. The number of methoxy groups -OCH3 is 1. The van der Waals surface area contributed by atoms with Crippen molar-refractivity contribution in [3.63, 3.8) is 0 Å². The highest BCUT2D eigenvalue weighted by Gasteiger charge is 2.55. The minimum absolute atomic E-state index is 0.0688. The molecule has 1 aliphatic carbocycles. The predicted molar refractivity (Wildman–Crippen MR) is 122 cm³/mol. The molecule has 0 N–H and O–H groups in total. The number of para-hydroxylation sites is 1.